The Morgan fingerprint density at radius 1 is 0.682 bits per heavy atom. The van der Waals surface area contributed by atoms with E-state index in [1.807, 2.05) is 48.5 Å². The molecule has 3 rings (SSSR count). The number of aromatic hydroxyl groups is 1. The normalized spacial score (nSPS) is 10.4. The van der Waals surface area contributed by atoms with Crippen LogP contribution in [-0.2, 0) is 0 Å². The van der Waals surface area contributed by atoms with Crippen LogP contribution in [0.15, 0.2) is 72.8 Å². The maximum Gasteiger partial charge on any atom is 0.335 e. The number of phenols is 1. The number of hydrogen-bond donors (Lipinski definition) is 2. The molecule has 3 aromatic carbocycles. The number of phenolic OH excluding ortho intramolecular Hbond substituents is 1. The van der Waals surface area contributed by atoms with Gasteiger partial charge in [0.1, 0.15) is 5.75 Å². The molecule has 0 bridgehead atoms. The molecule has 0 atom stereocenters. The van der Waals surface area contributed by atoms with Gasteiger partial charge in [-0.25, -0.2) is 4.79 Å². The van der Waals surface area contributed by atoms with Gasteiger partial charge in [-0.05, 0) is 46.5 Å². The van der Waals surface area contributed by atoms with Crippen molar-refractivity contribution in [2.75, 3.05) is 0 Å². The number of carbonyl (C=O) groups is 1. The predicted octanol–water partition coefficient (Wildman–Crippen LogP) is 4.42. The van der Waals surface area contributed by atoms with Gasteiger partial charge in [0.25, 0.3) is 0 Å². The Bertz CT molecular complexity index is 803. The molecule has 3 aromatic rings. The van der Waals surface area contributed by atoms with Crippen molar-refractivity contribution in [3.8, 4) is 28.0 Å². The molecule has 0 unspecified atom stereocenters. The zero-order valence-corrected chi connectivity index (χ0v) is 11.7. The van der Waals surface area contributed by atoms with Crippen molar-refractivity contribution in [3.05, 3.63) is 78.4 Å². The SMILES string of the molecule is O=C(O)c1ccc(-c2ccccc2-c2ccc(O)cc2)cc1. The van der Waals surface area contributed by atoms with E-state index in [2.05, 4.69) is 0 Å². The Hall–Kier alpha value is -3.07. The van der Waals surface area contributed by atoms with Crippen molar-refractivity contribution in [1.29, 1.82) is 0 Å². The van der Waals surface area contributed by atoms with E-state index < -0.39 is 5.97 Å². The Labute approximate surface area is 128 Å². The number of hydrogen-bond acceptors (Lipinski definition) is 2. The molecule has 108 valence electrons. The van der Waals surface area contributed by atoms with Crippen molar-refractivity contribution in [2.45, 2.75) is 0 Å². The lowest BCUT2D eigenvalue weighted by atomic mass is 9.94. The molecule has 0 spiro atoms. The van der Waals surface area contributed by atoms with Gasteiger partial charge in [0.15, 0.2) is 0 Å². The van der Waals surface area contributed by atoms with Gasteiger partial charge in [-0.3, -0.25) is 0 Å². The summed E-state index contributed by atoms with van der Waals surface area (Å²) in [6.07, 6.45) is 0. The van der Waals surface area contributed by atoms with E-state index in [1.165, 1.54) is 0 Å². The Kier molecular flexibility index (Phi) is 3.62. The standard InChI is InChI=1S/C19H14O3/c20-16-11-9-14(10-12-16)18-4-2-1-3-17(18)13-5-7-15(8-6-13)19(21)22/h1-12,20H,(H,21,22). The van der Waals surface area contributed by atoms with Gasteiger partial charge >= 0.3 is 5.97 Å². The maximum absolute atomic E-state index is 10.9. The molecule has 0 aliphatic heterocycles. The van der Waals surface area contributed by atoms with Gasteiger partial charge in [0.2, 0.25) is 0 Å². The van der Waals surface area contributed by atoms with Crippen LogP contribution in [-0.4, -0.2) is 16.2 Å². The number of carboxylic acid groups (broad SMARTS) is 1. The van der Waals surface area contributed by atoms with E-state index in [0.717, 1.165) is 22.3 Å². The molecule has 3 heteroatoms. The van der Waals surface area contributed by atoms with Crippen LogP contribution in [0.3, 0.4) is 0 Å². The van der Waals surface area contributed by atoms with Crippen molar-refractivity contribution in [3.63, 3.8) is 0 Å². The minimum atomic E-state index is -0.932. The van der Waals surface area contributed by atoms with Crippen LogP contribution in [0.5, 0.6) is 5.75 Å². The summed E-state index contributed by atoms with van der Waals surface area (Å²) in [4.78, 5) is 10.9. The predicted molar refractivity (Wildman–Crippen MR) is 85.9 cm³/mol. The first kappa shape index (κ1) is 13.9. The van der Waals surface area contributed by atoms with Crippen LogP contribution in [0, 0.1) is 0 Å². The van der Waals surface area contributed by atoms with Crippen molar-refractivity contribution in [1.82, 2.24) is 0 Å². The highest BCUT2D eigenvalue weighted by Crippen LogP contribution is 2.32. The van der Waals surface area contributed by atoms with Gasteiger partial charge < -0.3 is 10.2 Å². The van der Waals surface area contributed by atoms with Crippen LogP contribution in [0.1, 0.15) is 10.4 Å². The summed E-state index contributed by atoms with van der Waals surface area (Å²) in [5.41, 5.74) is 4.27. The second-order valence-corrected chi connectivity index (χ2v) is 4.97. The fraction of sp³-hybridized carbons (Fsp3) is 0. The van der Waals surface area contributed by atoms with Gasteiger partial charge in [-0.15, -0.1) is 0 Å². The van der Waals surface area contributed by atoms with E-state index >= 15 is 0 Å². The highest BCUT2D eigenvalue weighted by atomic mass is 16.4. The fourth-order valence-electron chi connectivity index (χ4n) is 2.42. The topological polar surface area (TPSA) is 57.5 Å². The molecule has 0 radical (unpaired) electrons. The smallest absolute Gasteiger partial charge is 0.335 e. The summed E-state index contributed by atoms with van der Waals surface area (Å²) in [5, 5.41) is 18.4. The summed E-state index contributed by atoms with van der Waals surface area (Å²) < 4.78 is 0. The van der Waals surface area contributed by atoms with E-state index in [9.17, 15) is 9.90 Å². The van der Waals surface area contributed by atoms with E-state index in [0.29, 0.717) is 0 Å². The minimum Gasteiger partial charge on any atom is -0.508 e. The van der Waals surface area contributed by atoms with E-state index in [4.69, 9.17) is 5.11 Å². The molecule has 0 aliphatic carbocycles. The first-order valence-corrected chi connectivity index (χ1v) is 6.87. The van der Waals surface area contributed by atoms with Crippen molar-refractivity contribution < 1.29 is 15.0 Å². The molecule has 0 saturated heterocycles. The third-order valence-corrected chi connectivity index (χ3v) is 3.55. The van der Waals surface area contributed by atoms with Gasteiger partial charge in [0, 0.05) is 0 Å². The molecule has 2 N–H and O–H groups in total. The summed E-state index contributed by atoms with van der Waals surface area (Å²) in [7, 11) is 0. The van der Waals surface area contributed by atoms with Crippen LogP contribution in [0.2, 0.25) is 0 Å². The van der Waals surface area contributed by atoms with Crippen LogP contribution >= 0.6 is 0 Å². The van der Waals surface area contributed by atoms with Crippen molar-refractivity contribution in [2.24, 2.45) is 0 Å². The first-order valence-electron chi connectivity index (χ1n) is 6.87. The minimum absolute atomic E-state index is 0.229. The molecule has 0 aromatic heterocycles. The van der Waals surface area contributed by atoms with E-state index in [-0.39, 0.29) is 11.3 Å². The van der Waals surface area contributed by atoms with Gasteiger partial charge in [0.05, 0.1) is 5.56 Å². The number of benzene rings is 3. The van der Waals surface area contributed by atoms with Gasteiger partial charge in [-0.2, -0.15) is 0 Å². The summed E-state index contributed by atoms with van der Waals surface area (Å²) >= 11 is 0. The highest BCUT2D eigenvalue weighted by molar-refractivity contribution is 5.89. The molecule has 0 fully saturated rings. The van der Waals surface area contributed by atoms with Crippen molar-refractivity contribution >= 4 is 5.97 Å². The van der Waals surface area contributed by atoms with Crippen LogP contribution in [0.4, 0.5) is 0 Å². The third-order valence-electron chi connectivity index (χ3n) is 3.55. The lowest BCUT2D eigenvalue weighted by Gasteiger charge is -2.10. The molecule has 22 heavy (non-hydrogen) atoms. The van der Waals surface area contributed by atoms with Crippen LogP contribution in [0.25, 0.3) is 22.3 Å². The Morgan fingerprint density at radius 2 is 1.14 bits per heavy atom. The second kappa shape index (κ2) is 5.74. The Morgan fingerprint density at radius 3 is 1.59 bits per heavy atom. The fourth-order valence-corrected chi connectivity index (χ4v) is 2.42. The number of aromatic carboxylic acids is 1. The Balaban J connectivity index is 2.08. The zero-order chi connectivity index (χ0) is 15.5. The molecule has 0 saturated carbocycles. The molecule has 0 heterocycles. The number of carboxylic acids is 1. The largest absolute Gasteiger partial charge is 0.508 e. The lowest BCUT2D eigenvalue weighted by Crippen LogP contribution is -1.95. The van der Waals surface area contributed by atoms with E-state index in [1.54, 1.807) is 24.3 Å². The molecule has 0 amide bonds. The average Bonchev–Trinajstić information content (AvgIpc) is 2.56. The molecular formula is C19H14O3. The van der Waals surface area contributed by atoms with Crippen LogP contribution < -0.4 is 0 Å². The summed E-state index contributed by atoms with van der Waals surface area (Å²) in [5.74, 6) is -0.703. The quantitative estimate of drug-likeness (QED) is 0.750. The second-order valence-electron chi connectivity index (χ2n) is 4.97. The monoisotopic (exact) mass is 290 g/mol. The maximum atomic E-state index is 10.9. The average molecular weight is 290 g/mol. The number of rotatable bonds is 3. The van der Waals surface area contributed by atoms with Gasteiger partial charge in [-0.1, -0.05) is 48.5 Å². The zero-order valence-electron chi connectivity index (χ0n) is 11.7. The molecule has 0 aliphatic rings. The molecular weight excluding hydrogens is 276 g/mol. The lowest BCUT2D eigenvalue weighted by molar-refractivity contribution is 0.0697. The first-order chi connectivity index (χ1) is 10.6. The summed E-state index contributed by atoms with van der Waals surface area (Å²) in [6.45, 7) is 0. The third kappa shape index (κ3) is 2.69. The summed E-state index contributed by atoms with van der Waals surface area (Å²) in [6, 6.07) is 21.8. The molecule has 3 nitrogen and oxygen atoms in total. The highest BCUT2D eigenvalue weighted by Gasteiger charge is 2.08.